The van der Waals surface area contributed by atoms with Crippen molar-refractivity contribution in [1.82, 2.24) is 0 Å². The molecule has 1 aromatic carbocycles. The highest BCUT2D eigenvalue weighted by atomic mass is 16.5. The minimum atomic E-state index is -0.509. The van der Waals surface area contributed by atoms with Gasteiger partial charge in [-0.25, -0.2) is 4.79 Å². The van der Waals surface area contributed by atoms with Gasteiger partial charge in [0.1, 0.15) is 11.5 Å². The van der Waals surface area contributed by atoms with Crippen LogP contribution in [-0.4, -0.2) is 22.8 Å². The summed E-state index contributed by atoms with van der Waals surface area (Å²) in [5.74, 6) is -0.796. The van der Waals surface area contributed by atoms with E-state index in [1.54, 1.807) is 0 Å². The first kappa shape index (κ1) is 18.3. The van der Waals surface area contributed by atoms with E-state index in [1.165, 1.54) is 63.1 Å². The highest BCUT2D eigenvalue weighted by Gasteiger charge is 2.09. The van der Waals surface area contributed by atoms with E-state index in [1.807, 2.05) is 0 Å². The summed E-state index contributed by atoms with van der Waals surface area (Å²) >= 11 is 0. The van der Waals surface area contributed by atoms with E-state index in [0.29, 0.717) is 6.61 Å². The molecular formula is C18H28O4. The SMILES string of the molecule is CCCCCCCCCCCOC(=O)c1cc(O)cc(O)c1. The van der Waals surface area contributed by atoms with Crippen molar-refractivity contribution >= 4 is 5.97 Å². The zero-order valence-electron chi connectivity index (χ0n) is 13.5. The van der Waals surface area contributed by atoms with Crippen LogP contribution in [0.4, 0.5) is 0 Å². The van der Waals surface area contributed by atoms with Gasteiger partial charge in [0.25, 0.3) is 0 Å². The number of carbonyl (C=O) groups is 1. The topological polar surface area (TPSA) is 66.8 Å². The van der Waals surface area contributed by atoms with Crippen molar-refractivity contribution < 1.29 is 19.7 Å². The fourth-order valence-corrected chi connectivity index (χ4v) is 2.37. The standard InChI is InChI=1S/C18H28O4/c1-2-3-4-5-6-7-8-9-10-11-22-18(21)15-12-16(19)14-17(20)13-15/h12-14,19-20H,2-11H2,1H3. The lowest BCUT2D eigenvalue weighted by Crippen LogP contribution is -2.06. The van der Waals surface area contributed by atoms with Crippen molar-refractivity contribution in [1.29, 1.82) is 0 Å². The van der Waals surface area contributed by atoms with Gasteiger partial charge in [-0.3, -0.25) is 0 Å². The second-order valence-corrected chi connectivity index (χ2v) is 5.70. The van der Waals surface area contributed by atoms with Crippen LogP contribution >= 0.6 is 0 Å². The van der Waals surface area contributed by atoms with Crippen LogP contribution in [0.3, 0.4) is 0 Å². The van der Waals surface area contributed by atoms with Crippen LogP contribution in [0.15, 0.2) is 18.2 Å². The minimum Gasteiger partial charge on any atom is -0.508 e. The summed E-state index contributed by atoms with van der Waals surface area (Å²) in [4.78, 5) is 11.7. The van der Waals surface area contributed by atoms with Gasteiger partial charge in [-0.15, -0.1) is 0 Å². The number of esters is 1. The Hall–Kier alpha value is -1.71. The van der Waals surface area contributed by atoms with Crippen LogP contribution in [-0.2, 0) is 4.74 Å². The van der Waals surface area contributed by atoms with Crippen molar-refractivity contribution in [3.05, 3.63) is 23.8 Å². The summed E-state index contributed by atoms with van der Waals surface area (Å²) in [6.45, 7) is 2.60. The number of unbranched alkanes of at least 4 members (excludes halogenated alkanes) is 8. The average molecular weight is 308 g/mol. The fourth-order valence-electron chi connectivity index (χ4n) is 2.37. The van der Waals surface area contributed by atoms with Gasteiger partial charge in [0.15, 0.2) is 0 Å². The molecule has 0 saturated heterocycles. The van der Waals surface area contributed by atoms with Gasteiger partial charge in [-0.2, -0.15) is 0 Å². The van der Waals surface area contributed by atoms with Crippen molar-refractivity contribution in [3.8, 4) is 11.5 Å². The van der Waals surface area contributed by atoms with E-state index in [0.717, 1.165) is 12.8 Å². The van der Waals surface area contributed by atoms with E-state index in [-0.39, 0.29) is 17.1 Å². The normalized spacial score (nSPS) is 10.6. The third kappa shape index (κ3) is 7.91. The molecule has 0 bridgehead atoms. The molecule has 0 aromatic heterocycles. The van der Waals surface area contributed by atoms with Crippen molar-refractivity contribution in [2.75, 3.05) is 6.61 Å². The molecule has 22 heavy (non-hydrogen) atoms. The first-order chi connectivity index (χ1) is 10.6. The van der Waals surface area contributed by atoms with Crippen molar-refractivity contribution in [3.63, 3.8) is 0 Å². The Morgan fingerprint density at radius 2 is 1.36 bits per heavy atom. The summed E-state index contributed by atoms with van der Waals surface area (Å²) in [5.41, 5.74) is 0.174. The molecule has 0 aliphatic rings. The number of hydrogen-bond donors (Lipinski definition) is 2. The molecule has 0 heterocycles. The lowest BCUT2D eigenvalue weighted by molar-refractivity contribution is 0.0496. The lowest BCUT2D eigenvalue weighted by Gasteiger charge is -2.06. The third-order valence-corrected chi connectivity index (χ3v) is 3.62. The van der Waals surface area contributed by atoms with E-state index in [2.05, 4.69) is 6.92 Å². The molecular weight excluding hydrogens is 280 g/mol. The molecule has 0 fully saturated rings. The number of ether oxygens (including phenoxy) is 1. The molecule has 2 N–H and O–H groups in total. The fraction of sp³-hybridized carbons (Fsp3) is 0.611. The Labute approximate surface area is 133 Å². The largest absolute Gasteiger partial charge is 0.508 e. The van der Waals surface area contributed by atoms with Gasteiger partial charge in [0.05, 0.1) is 12.2 Å². The lowest BCUT2D eigenvalue weighted by atomic mass is 10.1. The molecule has 124 valence electrons. The number of hydrogen-bond acceptors (Lipinski definition) is 4. The molecule has 0 spiro atoms. The maximum atomic E-state index is 11.7. The predicted molar refractivity (Wildman–Crippen MR) is 87.3 cm³/mol. The number of carbonyl (C=O) groups excluding carboxylic acids is 1. The van der Waals surface area contributed by atoms with Crippen molar-refractivity contribution in [2.24, 2.45) is 0 Å². The second-order valence-electron chi connectivity index (χ2n) is 5.70. The molecule has 0 unspecified atom stereocenters. The number of aromatic hydroxyl groups is 2. The summed E-state index contributed by atoms with van der Waals surface area (Å²) < 4.78 is 5.14. The number of rotatable bonds is 11. The zero-order valence-corrected chi connectivity index (χ0v) is 13.5. The van der Waals surface area contributed by atoms with Gasteiger partial charge in [-0.05, 0) is 18.6 Å². The first-order valence-electron chi connectivity index (χ1n) is 8.33. The van der Waals surface area contributed by atoms with Gasteiger partial charge < -0.3 is 14.9 Å². The smallest absolute Gasteiger partial charge is 0.338 e. The second kappa shape index (κ2) is 10.9. The number of benzene rings is 1. The quantitative estimate of drug-likeness (QED) is 0.456. The van der Waals surface area contributed by atoms with Crippen LogP contribution in [0.5, 0.6) is 11.5 Å². The van der Waals surface area contributed by atoms with Gasteiger partial charge in [0, 0.05) is 6.07 Å². The highest BCUT2D eigenvalue weighted by molar-refractivity contribution is 5.90. The zero-order chi connectivity index (χ0) is 16.2. The van der Waals surface area contributed by atoms with Gasteiger partial charge in [0.2, 0.25) is 0 Å². The van der Waals surface area contributed by atoms with Crippen LogP contribution in [0.1, 0.15) is 75.1 Å². The van der Waals surface area contributed by atoms with Crippen LogP contribution in [0, 0.1) is 0 Å². The van der Waals surface area contributed by atoms with E-state index >= 15 is 0 Å². The average Bonchev–Trinajstić information content (AvgIpc) is 2.48. The monoisotopic (exact) mass is 308 g/mol. The van der Waals surface area contributed by atoms with E-state index < -0.39 is 5.97 Å². The molecule has 0 amide bonds. The Balaban J connectivity index is 2.06. The molecule has 4 heteroatoms. The highest BCUT2D eigenvalue weighted by Crippen LogP contribution is 2.21. The maximum absolute atomic E-state index is 11.7. The third-order valence-electron chi connectivity index (χ3n) is 3.62. The van der Waals surface area contributed by atoms with E-state index in [4.69, 9.17) is 4.74 Å². The molecule has 4 nitrogen and oxygen atoms in total. The Morgan fingerprint density at radius 3 is 1.91 bits per heavy atom. The first-order valence-corrected chi connectivity index (χ1v) is 8.33. The minimum absolute atomic E-state index is 0.143. The molecule has 0 radical (unpaired) electrons. The van der Waals surface area contributed by atoms with Crippen LogP contribution in [0.2, 0.25) is 0 Å². The molecule has 0 atom stereocenters. The summed E-state index contributed by atoms with van der Waals surface area (Å²) in [7, 11) is 0. The van der Waals surface area contributed by atoms with Gasteiger partial charge in [-0.1, -0.05) is 58.3 Å². The van der Waals surface area contributed by atoms with E-state index in [9.17, 15) is 15.0 Å². The molecule has 0 aliphatic heterocycles. The predicted octanol–water partition coefficient (Wildman–Crippen LogP) is 4.79. The van der Waals surface area contributed by atoms with Crippen molar-refractivity contribution in [2.45, 2.75) is 64.7 Å². The Bertz CT molecular complexity index is 422. The Kier molecular flexibility index (Phi) is 9.12. The van der Waals surface area contributed by atoms with Crippen LogP contribution in [0.25, 0.3) is 0 Å². The number of phenols is 2. The molecule has 0 saturated carbocycles. The molecule has 1 aromatic rings. The summed E-state index contributed by atoms with van der Waals surface area (Å²) in [6, 6.07) is 3.76. The summed E-state index contributed by atoms with van der Waals surface area (Å²) in [5, 5.41) is 18.6. The van der Waals surface area contributed by atoms with Crippen LogP contribution < -0.4 is 0 Å². The Morgan fingerprint density at radius 1 is 0.864 bits per heavy atom. The number of phenolic OH excluding ortho intramolecular Hbond substituents is 2. The molecule has 1 rings (SSSR count). The van der Waals surface area contributed by atoms with Gasteiger partial charge >= 0.3 is 5.97 Å². The maximum Gasteiger partial charge on any atom is 0.338 e. The molecule has 0 aliphatic carbocycles. The summed E-state index contributed by atoms with van der Waals surface area (Å²) in [6.07, 6.45) is 10.9.